The summed E-state index contributed by atoms with van der Waals surface area (Å²) in [4.78, 5) is 20.8. The van der Waals surface area contributed by atoms with Crippen molar-refractivity contribution in [3.63, 3.8) is 0 Å². The van der Waals surface area contributed by atoms with Gasteiger partial charge < -0.3 is 9.72 Å². The molecule has 1 N–H and O–H groups in total. The van der Waals surface area contributed by atoms with Gasteiger partial charge >= 0.3 is 5.97 Å². The van der Waals surface area contributed by atoms with Crippen molar-refractivity contribution in [3.8, 4) is 10.6 Å². The number of methoxy groups -OCH3 is 1. The molecule has 22 heavy (non-hydrogen) atoms. The van der Waals surface area contributed by atoms with Crippen LogP contribution in [0.3, 0.4) is 0 Å². The summed E-state index contributed by atoms with van der Waals surface area (Å²) in [6.45, 7) is 0. The van der Waals surface area contributed by atoms with Crippen molar-refractivity contribution >= 4 is 17.3 Å². The average molecular weight is 312 g/mol. The Morgan fingerprint density at radius 3 is 2.77 bits per heavy atom. The third kappa shape index (κ3) is 3.26. The fourth-order valence-electron chi connectivity index (χ4n) is 2.22. The Morgan fingerprint density at radius 1 is 1.18 bits per heavy atom. The molecule has 0 aliphatic rings. The third-order valence-corrected chi connectivity index (χ3v) is 4.48. The largest absolute Gasteiger partial charge is 0.465 e. The molecular weight excluding hydrogens is 296 g/mol. The molecule has 4 nitrogen and oxygen atoms in total. The normalized spacial score (nSPS) is 10.6. The second-order valence-corrected chi connectivity index (χ2v) is 5.97. The molecule has 2 heterocycles. The minimum atomic E-state index is -0.305. The molecule has 0 spiro atoms. The number of benzene rings is 1. The Morgan fingerprint density at radius 2 is 2.00 bits per heavy atom. The highest BCUT2D eigenvalue weighted by Crippen LogP contribution is 2.27. The van der Waals surface area contributed by atoms with E-state index >= 15 is 0 Å². The maximum Gasteiger partial charge on any atom is 0.348 e. The molecule has 0 saturated heterocycles. The van der Waals surface area contributed by atoms with Crippen molar-refractivity contribution in [1.82, 2.24) is 9.97 Å². The molecule has 5 heteroatoms. The zero-order valence-corrected chi connectivity index (χ0v) is 13.0. The summed E-state index contributed by atoms with van der Waals surface area (Å²) >= 11 is 1.40. The van der Waals surface area contributed by atoms with E-state index in [0.717, 1.165) is 29.2 Å². The molecule has 0 aliphatic heterocycles. The van der Waals surface area contributed by atoms with Gasteiger partial charge in [-0.2, -0.15) is 0 Å². The number of rotatable bonds is 5. The topological polar surface area (TPSA) is 55.0 Å². The number of hydrogen-bond donors (Lipinski definition) is 1. The molecule has 112 valence electrons. The van der Waals surface area contributed by atoms with Gasteiger partial charge in [-0.15, -0.1) is 11.3 Å². The van der Waals surface area contributed by atoms with Crippen LogP contribution in [0.5, 0.6) is 0 Å². The van der Waals surface area contributed by atoms with Crippen LogP contribution in [0, 0.1) is 0 Å². The van der Waals surface area contributed by atoms with Gasteiger partial charge in [0.05, 0.1) is 23.9 Å². The van der Waals surface area contributed by atoms with Crippen molar-refractivity contribution in [2.45, 2.75) is 12.8 Å². The lowest BCUT2D eigenvalue weighted by Gasteiger charge is -1.98. The molecule has 0 radical (unpaired) electrons. The molecule has 0 unspecified atom stereocenters. The van der Waals surface area contributed by atoms with Gasteiger partial charge in [0.15, 0.2) is 0 Å². The van der Waals surface area contributed by atoms with Crippen molar-refractivity contribution in [2.24, 2.45) is 0 Å². The maximum absolute atomic E-state index is 11.5. The highest BCUT2D eigenvalue weighted by Gasteiger charge is 2.11. The Balaban J connectivity index is 1.68. The summed E-state index contributed by atoms with van der Waals surface area (Å²) in [5.74, 6) is 0.645. The fraction of sp³-hybridized carbons (Fsp3) is 0.176. The zero-order chi connectivity index (χ0) is 15.4. The quantitative estimate of drug-likeness (QED) is 0.731. The van der Waals surface area contributed by atoms with Gasteiger partial charge in [0, 0.05) is 6.42 Å². The second kappa shape index (κ2) is 6.58. The Kier molecular flexibility index (Phi) is 4.34. The van der Waals surface area contributed by atoms with E-state index in [1.807, 2.05) is 30.5 Å². The van der Waals surface area contributed by atoms with Gasteiger partial charge in [0.25, 0.3) is 0 Å². The summed E-state index contributed by atoms with van der Waals surface area (Å²) in [6, 6.07) is 14.0. The van der Waals surface area contributed by atoms with E-state index in [2.05, 4.69) is 22.1 Å². The number of aromatic amines is 1. The standard InChI is InChI=1S/C17H16N2O2S/c1-21-17(20)15-9-8-14(22-15)13-11-18-16(19-13)10-7-12-5-3-2-4-6-12/h2-6,8-9,11H,7,10H2,1H3,(H,18,19). The number of imidazole rings is 1. The predicted molar refractivity (Wildman–Crippen MR) is 87.1 cm³/mol. The first-order valence-electron chi connectivity index (χ1n) is 7.02. The molecule has 1 aromatic carbocycles. The number of nitrogens with zero attached hydrogens (tertiary/aromatic N) is 1. The molecule has 0 fully saturated rings. The van der Waals surface area contributed by atoms with E-state index < -0.39 is 0 Å². The molecule has 0 saturated carbocycles. The smallest absolute Gasteiger partial charge is 0.348 e. The monoisotopic (exact) mass is 312 g/mol. The van der Waals surface area contributed by atoms with Gasteiger partial charge in [0.1, 0.15) is 10.7 Å². The lowest BCUT2D eigenvalue weighted by atomic mass is 10.1. The Labute approximate surface area is 132 Å². The first-order chi connectivity index (χ1) is 10.8. The van der Waals surface area contributed by atoms with Crippen LogP contribution in [-0.2, 0) is 17.6 Å². The summed E-state index contributed by atoms with van der Waals surface area (Å²) in [5.41, 5.74) is 2.23. The number of ether oxygens (including phenoxy) is 1. The molecule has 2 aromatic heterocycles. The molecule has 0 amide bonds. The number of aromatic nitrogens is 2. The summed E-state index contributed by atoms with van der Waals surface area (Å²) < 4.78 is 4.72. The fourth-order valence-corrected chi connectivity index (χ4v) is 3.10. The van der Waals surface area contributed by atoms with Crippen LogP contribution < -0.4 is 0 Å². The number of carbonyl (C=O) groups excluding carboxylic acids is 1. The molecule has 0 atom stereocenters. The lowest BCUT2D eigenvalue weighted by molar-refractivity contribution is 0.0606. The summed E-state index contributed by atoms with van der Waals surface area (Å²) in [6.07, 6.45) is 3.62. The summed E-state index contributed by atoms with van der Waals surface area (Å²) in [7, 11) is 1.39. The molecule has 3 rings (SSSR count). The van der Waals surface area contributed by atoms with Gasteiger partial charge in [-0.1, -0.05) is 30.3 Å². The van der Waals surface area contributed by atoms with E-state index in [9.17, 15) is 4.79 Å². The van der Waals surface area contributed by atoms with Gasteiger partial charge in [-0.3, -0.25) is 0 Å². The van der Waals surface area contributed by atoms with Crippen LogP contribution in [0.25, 0.3) is 10.6 Å². The number of esters is 1. The van der Waals surface area contributed by atoms with Crippen LogP contribution in [0.15, 0.2) is 48.7 Å². The van der Waals surface area contributed by atoms with Crippen molar-refractivity contribution < 1.29 is 9.53 Å². The van der Waals surface area contributed by atoms with E-state index in [-0.39, 0.29) is 5.97 Å². The highest BCUT2D eigenvalue weighted by molar-refractivity contribution is 7.17. The molecule has 3 aromatic rings. The number of carbonyl (C=O) groups is 1. The van der Waals surface area contributed by atoms with Crippen LogP contribution in [-0.4, -0.2) is 23.0 Å². The minimum absolute atomic E-state index is 0.305. The van der Waals surface area contributed by atoms with Crippen LogP contribution >= 0.6 is 11.3 Å². The van der Waals surface area contributed by atoms with Crippen LogP contribution in [0.1, 0.15) is 21.1 Å². The maximum atomic E-state index is 11.5. The molecule has 0 bridgehead atoms. The molecular formula is C17H16N2O2S. The first kappa shape index (κ1) is 14.5. The number of thiophene rings is 1. The number of H-pyrrole nitrogens is 1. The van der Waals surface area contributed by atoms with E-state index in [1.54, 1.807) is 6.07 Å². The summed E-state index contributed by atoms with van der Waals surface area (Å²) in [5, 5.41) is 0. The number of aryl methyl sites for hydroxylation is 2. The lowest BCUT2D eigenvalue weighted by Crippen LogP contribution is -1.96. The minimum Gasteiger partial charge on any atom is -0.465 e. The first-order valence-corrected chi connectivity index (χ1v) is 7.84. The molecule has 0 aliphatic carbocycles. The van der Waals surface area contributed by atoms with E-state index in [0.29, 0.717) is 4.88 Å². The second-order valence-electron chi connectivity index (χ2n) is 4.88. The predicted octanol–water partition coefficient (Wildman–Crippen LogP) is 3.71. The zero-order valence-electron chi connectivity index (χ0n) is 12.2. The van der Waals surface area contributed by atoms with Crippen molar-refractivity contribution in [3.05, 3.63) is 64.9 Å². The SMILES string of the molecule is COC(=O)c1ccc(-c2cnc(CCc3ccccc3)[nH]2)s1. The number of nitrogens with one attached hydrogen (secondary N) is 1. The van der Waals surface area contributed by atoms with E-state index in [1.165, 1.54) is 24.0 Å². The van der Waals surface area contributed by atoms with Crippen LogP contribution in [0.4, 0.5) is 0 Å². The number of hydrogen-bond acceptors (Lipinski definition) is 4. The van der Waals surface area contributed by atoms with Crippen LogP contribution in [0.2, 0.25) is 0 Å². The van der Waals surface area contributed by atoms with Crippen molar-refractivity contribution in [2.75, 3.05) is 7.11 Å². The van der Waals surface area contributed by atoms with Gasteiger partial charge in [0.2, 0.25) is 0 Å². The third-order valence-electron chi connectivity index (χ3n) is 3.38. The van der Waals surface area contributed by atoms with Gasteiger partial charge in [-0.25, -0.2) is 9.78 Å². The van der Waals surface area contributed by atoms with Crippen molar-refractivity contribution in [1.29, 1.82) is 0 Å². The Bertz CT molecular complexity index is 762. The van der Waals surface area contributed by atoms with Gasteiger partial charge in [-0.05, 0) is 24.1 Å². The Hall–Kier alpha value is -2.40. The average Bonchev–Trinajstić information content (AvgIpc) is 3.22. The highest BCUT2D eigenvalue weighted by atomic mass is 32.1. The van der Waals surface area contributed by atoms with E-state index in [4.69, 9.17) is 4.74 Å².